The van der Waals surface area contributed by atoms with Crippen LogP contribution in [0, 0.1) is 6.92 Å². The van der Waals surface area contributed by atoms with Gasteiger partial charge in [0, 0.05) is 13.1 Å². The van der Waals surface area contributed by atoms with E-state index in [2.05, 4.69) is 5.32 Å². The Hall–Kier alpha value is -1.76. The molecule has 0 heterocycles. The van der Waals surface area contributed by atoms with Gasteiger partial charge in [0.25, 0.3) is 0 Å². The lowest BCUT2D eigenvalue weighted by Crippen LogP contribution is -2.45. The van der Waals surface area contributed by atoms with Crippen LogP contribution in [0.5, 0.6) is 0 Å². The van der Waals surface area contributed by atoms with Gasteiger partial charge in [-0.05, 0) is 26.6 Å². The third-order valence-corrected chi connectivity index (χ3v) is 2.82. The maximum atomic E-state index is 13.1. The minimum absolute atomic E-state index is 0.0188. The van der Waals surface area contributed by atoms with Crippen molar-refractivity contribution in [2.75, 3.05) is 27.2 Å². The summed E-state index contributed by atoms with van der Waals surface area (Å²) in [6, 6.07) is 3.16. The summed E-state index contributed by atoms with van der Waals surface area (Å²) in [5.41, 5.74) is 0.724. The van der Waals surface area contributed by atoms with E-state index in [9.17, 15) is 18.0 Å². The van der Waals surface area contributed by atoms with Crippen molar-refractivity contribution in [2.45, 2.75) is 19.1 Å². The number of hydrogen-bond acceptors (Lipinski definition) is 2. The van der Waals surface area contributed by atoms with Crippen LogP contribution in [-0.4, -0.2) is 44.3 Å². The maximum Gasteiger partial charge on any atom is 0.412 e. The van der Waals surface area contributed by atoms with E-state index in [4.69, 9.17) is 0 Å². The first-order valence-corrected chi connectivity index (χ1v) is 6.52. The summed E-state index contributed by atoms with van der Waals surface area (Å²) in [7, 11) is 3.62. The van der Waals surface area contributed by atoms with Gasteiger partial charge in [0.1, 0.15) is 0 Å². The Kier molecular flexibility index (Phi) is 6.02. The third kappa shape index (κ3) is 6.03. The smallest absolute Gasteiger partial charge is 0.337 e. The molecule has 0 aliphatic heterocycles. The minimum Gasteiger partial charge on any atom is -0.337 e. The molecular formula is C14H20F3N3O. The number of alkyl halides is 3. The number of carbonyl (C=O) groups excluding carboxylic acids is 1. The molecule has 0 aliphatic rings. The van der Waals surface area contributed by atoms with Gasteiger partial charge in [0.2, 0.25) is 0 Å². The van der Waals surface area contributed by atoms with Crippen molar-refractivity contribution in [1.29, 1.82) is 0 Å². The summed E-state index contributed by atoms with van der Waals surface area (Å²) in [5.74, 6) is 0. The van der Waals surface area contributed by atoms with Crippen LogP contribution in [0.2, 0.25) is 0 Å². The molecule has 7 heteroatoms. The molecule has 4 nitrogen and oxygen atoms in total. The lowest BCUT2D eigenvalue weighted by molar-refractivity contribution is -0.154. The summed E-state index contributed by atoms with van der Waals surface area (Å²) in [6.45, 7) is 2.53. The molecule has 0 aromatic heterocycles. The number of halogens is 3. The van der Waals surface area contributed by atoms with Gasteiger partial charge in [-0.25, -0.2) is 4.79 Å². The standard InChI is InChI=1S/C14H20F3N3O/c1-10-5-4-6-11(9-10)12(14(15,16)17)19-13(21)18-7-8-20(2)3/h4-6,9,12H,7-8H2,1-3H3,(H2,18,19,21)/t12-/m0/s1. The highest BCUT2D eigenvalue weighted by Crippen LogP contribution is 2.32. The maximum absolute atomic E-state index is 13.1. The van der Waals surface area contributed by atoms with Crippen LogP contribution in [0.15, 0.2) is 24.3 Å². The number of amides is 2. The first-order valence-electron chi connectivity index (χ1n) is 6.52. The zero-order chi connectivity index (χ0) is 16.0. The highest BCUT2D eigenvalue weighted by molar-refractivity contribution is 5.74. The molecule has 118 valence electrons. The lowest BCUT2D eigenvalue weighted by atomic mass is 10.0. The van der Waals surface area contributed by atoms with Gasteiger partial charge < -0.3 is 15.5 Å². The van der Waals surface area contributed by atoms with Gasteiger partial charge in [-0.1, -0.05) is 29.8 Å². The highest BCUT2D eigenvalue weighted by atomic mass is 19.4. The second-order valence-corrected chi connectivity index (χ2v) is 5.09. The van der Waals surface area contributed by atoms with Crippen molar-refractivity contribution >= 4 is 6.03 Å². The number of benzene rings is 1. The summed E-state index contributed by atoms with van der Waals surface area (Å²) < 4.78 is 39.3. The predicted molar refractivity (Wildman–Crippen MR) is 75.1 cm³/mol. The Morgan fingerprint density at radius 2 is 2.00 bits per heavy atom. The molecule has 0 spiro atoms. The van der Waals surface area contributed by atoms with E-state index >= 15 is 0 Å². The molecule has 0 unspecified atom stereocenters. The van der Waals surface area contributed by atoms with E-state index in [1.165, 1.54) is 18.2 Å². The molecular weight excluding hydrogens is 283 g/mol. The van der Waals surface area contributed by atoms with Crippen LogP contribution in [-0.2, 0) is 0 Å². The number of likely N-dealkylation sites (N-methyl/N-ethyl adjacent to an activating group) is 1. The van der Waals surface area contributed by atoms with E-state index in [-0.39, 0.29) is 12.1 Å². The topological polar surface area (TPSA) is 44.4 Å². The second-order valence-electron chi connectivity index (χ2n) is 5.09. The fourth-order valence-corrected chi connectivity index (χ4v) is 1.78. The van der Waals surface area contributed by atoms with E-state index in [0.29, 0.717) is 12.1 Å². The Labute approximate surface area is 122 Å². The molecule has 21 heavy (non-hydrogen) atoms. The Morgan fingerprint density at radius 3 is 2.52 bits per heavy atom. The average molecular weight is 303 g/mol. The molecule has 0 radical (unpaired) electrons. The number of aryl methyl sites for hydroxylation is 1. The van der Waals surface area contributed by atoms with Crippen molar-refractivity contribution in [3.63, 3.8) is 0 Å². The van der Waals surface area contributed by atoms with Crippen LogP contribution >= 0.6 is 0 Å². The minimum atomic E-state index is -4.55. The number of nitrogens with one attached hydrogen (secondary N) is 2. The zero-order valence-electron chi connectivity index (χ0n) is 12.3. The number of urea groups is 1. The van der Waals surface area contributed by atoms with Crippen molar-refractivity contribution in [2.24, 2.45) is 0 Å². The highest BCUT2D eigenvalue weighted by Gasteiger charge is 2.41. The Balaban J connectivity index is 2.74. The van der Waals surface area contributed by atoms with Gasteiger partial charge in [-0.3, -0.25) is 0 Å². The molecule has 1 aromatic rings. The first kappa shape index (κ1) is 17.3. The normalized spacial score (nSPS) is 13.1. The van der Waals surface area contributed by atoms with Gasteiger partial charge in [-0.15, -0.1) is 0 Å². The van der Waals surface area contributed by atoms with Crippen molar-refractivity contribution < 1.29 is 18.0 Å². The Bertz CT molecular complexity index is 475. The van der Waals surface area contributed by atoms with Crippen LogP contribution in [0.3, 0.4) is 0 Å². The molecule has 0 bridgehead atoms. The molecule has 0 aliphatic carbocycles. The quantitative estimate of drug-likeness (QED) is 0.877. The number of hydrogen-bond donors (Lipinski definition) is 2. The van der Waals surface area contributed by atoms with Crippen molar-refractivity contribution in [3.05, 3.63) is 35.4 Å². The summed E-state index contributed by atoms with van der Waals surface area (Å²) in [4.78, 5) is 13.4. The zero-order valence-corrected chi connectivity index (χ0v) is 12.3. The van der Waals surface area contributed by atoms with Crippen LogP contribution in [0.1, 0.15) is 17.2 Å². The molecule has 0 saturated carbocycles. The summed E-state index contributed by atoms with van der Waals surface area (Å²) in [6.07, 6.45) is -4.55. The van der Waals surface area contributed by atoms with Gasteiger partial charge in [0.15, 0.2) is 6.04 Å². The van der Waals surface area contributed by atoms with Crippen molar-refractivity contribution in [1.82, 2.24) is 15.5 Å². The van der Waals surface area contributed by atoms with Crippen LogP contribution in [0.25, 0.3) is 0 Å². The predicted octanol–water partition coefficient (Wildman–Crippen LogP) is 2.46. The van der Waals surface area contributed by atoms with Crippen LogP contribution < -0.4 is 10.6 Å². The third-order valence-electron chi connectivity index (χ3n) is 2.82. The monoisotopic (exact) mass is 303 g/mol. The molecule has 1 atom stereocenters. The molecule has 0 saturated heterocycles. The first-order chi connectivity index (χ1) is 9.70. The fourth-order valence-electron chi connectivity index (χ4n) is 1.78. The molecule has 1 rings (SSSR count). The largest absolute Gasteiger partial charge is 0.412 e. The van der Waals surface area contributed by atoms with Crippen LogP contribution in [0.4, 0.5) is 18.0 Å². The van der Waals surface area contributed by atoms with E-state index in [0.717, 1.165) is 0 Å². The van der Waals surface area contributed by atoms with E-state index in [1.54, 1.807) is 13.0 Å². The SMILES string of the molecule is Cc1cccc([C@H](NC(=O)NCCN(C)C)C(F)(F)F)c1. The molecule has 1 aromatic carbocycles. The fraction of sp³-hybridized carbons (Fsp3) is 0.500. The second kappa shape index (κ2) is 7.31. The van der Waals surface area contributed by atoms with E-state index in [1.807, 2.05) is 24.3 Å². The Morgan fingerprint density at radius 1 is 1.33 bits per heavy atom. The summed E-state index contributed by atoms with van der Waals surface area (Å²) >= 11 is 0. The van der Waals surface area contributed by atoms with Gasteiger partial charge >= 0.3 is 12.2 Å². The van der Waals surface area contributed by atoms with Gasteiger partial charge in [0.05, 0.1) is 0 Å². The van der Waals surface area contributed by atoms with E-state index < -0.39 is 18.2 Å². The molecule has 0 fully saturated rings. The number of rotatable bonds is 5. The number of carbonyl (C=O) groups is 1. The molecule has 2 N–H and O–H groups in total. The van der Waals surface area contributed by atoms with Gasteiger partial charge in [-0.2, -0.15) is 13.2 Å². The average Bonchev–Trinajstić information content (AvgIpc) is 2.34. The van der Waals surface area contributed by atoms with Crippen molar-refractivity contribution in [3.8, 4) is 0 Å². The summed E-state index contributed by atoms with van der Waals surface area (Å²) in [5, 5.41) is 4.39. The number of nitrogens with zero attached hydrogens (tertiary/aromatic N) is 1. The molecule has 2 amide bonds. The lowest BCUT2D eigenvalue weighted by Gasteiger charge is -2.23.